The fourth-order valence-electron chi connectivity index (χ4n) is 3.63. The first kappa shape index (κ1) is 13.7. The third kappa shape index (κ3) is 3.41. The Balaban J connectivity index is 1.96. The molecule has 2 rings (SSSR count). The lowest BCUT2D eigenvalue weighted by Crippen LogP contribution is -2.51. The fraction of sp³-hybridized carbons (Fsp3) is 1.00. The van der Waals surface area contributed by atoms with Crippen molar-refractivity contribution in [1.82, 2.24) is 5.32 Å². The SMILES string of the molecule is CCNC1C(SC2CCCC2)CCCC1(C)C. The minimum atomic E-state index is 0.491. The molecule has 0 spiro atoms. The van der Waals surface area contributed by atoms with Crippen molar-refractivity contribution in [2.45, 2.75) is 82.3 Å². The van der Waals surface area contributed by atoms with E-state index in [9.17, 15) is 0 Å². The smallest absolute Gasteiger partial charge is 0.0237 e. The van der Waals surface area contributed by atoms with E-state index in [1.807, 2.05) is 0 Å². The number of hydrogen-bond acceptors (Lipinski definition) is 2. The van der Waals surface area contributed by atoms with Gasteiger partial charge in [-0.2, -0.15) is 11.8 Å². The molecule has 0 amide bonds. The van der Waals surface area contributed by atoms with Crippen molar-refractivity contribution in [3.05, 3.63) is 0 Å². The van der Waals surface area contributed by atoms with E-state index in [1.165, 1.54) is 44.9 Å². The summed E-state index contributed by atoms with van der Waals surface area (Å²) in [4.78, 5) is 0. The second kappa shape index (κ2) is 5.97. The summed E-state index contributed by atoms with van der Waals surface area (Å²) in [5.74, 6) is 0. The predicted octanol–water partition coefficient (Wildman–Crippen LogP) is 4.22. The van der Waals surface area contributed by atoms with E-state index >= 15 is 0 Å². The molecule has 2 saturated carbocycles. The van der Waals surface area contributed by atoms with Crippen LogP contribution < -0.4 is 5.32 Å². The van der Waals surface area contributed by atoms with Crippen molar-refractivity contribution < 1.29 is 0 Å². The molecule has 2 unspecified atom stereocenters. The molecule has 0 aromatic heterocycles. The number of hydrogen-bond donors (Lipinski definition) is 1. The van der Waals surface area contributed by atoms with Gasteiger partial charge < -0.3 is 5.32 Å². The minimum absolute atomic E-state index is 0.491. The Kier molecular flexibility index (Phi) is 4.82. The topological polar surface area (TPSA) is 12.0 Å². The lowest BCUT2D eigenvalue weighted by Gasteiger charge is -2.45. The third-order valence-corrected chi connectivity index (χ3v) is 6.33. The molecule has 2 aliphatic rings. The highest BCUT2D eigenvalue weighted by atomic mass is 32.2. The van der Waals surface area contributed by atoms with E-state index in [0.29, 0.717) is 5.41 Å². The van der Waals surface area contributed by atoms with Crippen LogP contribution in [0.25, 0.3) is 0 Å². The van der Waals surface area contributed by atoms with E-state index in [4.69, 9.17) is 0 Å². The van der Waals surface area contributed by atoms with Gasteiger partial charge in [-0.1, -0.05) is 40.0 Å². The molecule has 17 heavy (non-hydrogen) atoms. The number of nitrogens with one attached hydrogen (secondary N) is 1. The van der Waals surface area contributed by atoms with Crippen molar-refractivity contribution in [3.8, 4) is 0 Å². The van der Waals surface area contributed by atoms with Gasteiger partial charge in [0.05, 0.1) is 0 Å². The van der Waals surface area contributed by atoms with Crippen LogP contribution in [-0.4, -0.2) is 23.1 Å². The first-order valence-electron chi connectivity index (χ1n) is 7.52. The maximum Gasteiger partial charge on any atom is 0.0237 e. The molecule has 2 fully saturated rings. The molecule has 0 radical (unpaired) electrons. The molecule has 2 atom stereocenters. The quantitative estimate of drug-likeness (QED) is 0.807. The highest BCUT2D eigenvalue weighted by Gasteiger charge is 2.39. The zero-order valence-electron chi connectivity index (χ0n) is 11.8. The standard InChI is InChI=1S/C15H29NS/c1-4-16-14-13(10-7-11-15(14,2)3)17-12-8-5-6-9-12/h12-14,16H,4-11H2,1-3H3. The van der Waals surface area contributed by atoms with Gasteiger partial charge in [0.25, 0.3) is 0 Å². The Labute approximate surface area is 112 Å². The lowest BCUT2D eigenvalue weighted by molar-refractivity contribution is 0.176. The van der Waals surface area contributed by atoms with E-state index < -0.39 is 0 Å². The third-order valence-electron chi connectivity index (χ3n) is 4.62. The molecular weight excluding hydrogens is 226 g/mol. The van der Waals surface area contributed by atoms with Crippen LogP contribution in [0.2, 0.25) is 0 Å². The highest BCUT2D eigenvalue weighted by Crippen LogP contribution is 2.44. The Hall–Kier alpha value is 0.310. The lowest BCUT2D eigenvalue weighted by atomic mass is 9.73. The maximum atomic E-state index is 3.78. The normalized spacial score (nSPS) is 34.1. The Morgan fingerprint density at radius 3 is 2.47 bits per heavy atom. The molecule has 0 saturated heterocycles. The molecule has 2 heteroatoms. The number of rotatable bonds is 4. The Morgan fingerprint density at radius 1 is 1.12 bits per heavy atom. The van der Waals surface area contributed by atoms with E-state index in [1.54, 1.807) is 0 Å². The molecule has 0 aliphatic heterocycles. The fourth-order valence-corrected chi connectivity index (χ4v) is 5.65. The zero-order chi connectivity index (χ0) is 12.3. The van der Waals surface area contributed by atoms with E-state index in [0.717, 1.165) is 23.1 Å². The van der Waals surface area contributed by atoms with Crippen LogP contribution in [0.1, 0.15) is 65.7 Å². The predicted molar refractivity (Wildman–Crippen MR) is 78.7 cm³/mol. The molecule has 0 aromatic rings. The molecule has 0 heterocycles. The summed E-state index contributed by atoms with van der Waals surface area (Å²) < 4.78 is 0. The summed E-state index contributed by atoms with van der Waals surface area (Å²) in [7, 11) is 0. The van der Waals surface area contributed by atoms with Gasteiger partial charge in [-0.05, 0) is 37.6 Å². The maximum absolute atomic E-state index is 3.78. The van der Waals surface area contributed by atoms with Crippen LogP contribution in [0.15, 0.2) is 0 Å². The molecular formula is C15H29NS. The summed E-state index contributed by atoms with van der Waals surface area (Å²) in [6.07, 6.45) is 10.1. The van der Waals surface area contributed by atoms with Gasteiger partial charge in [-0.3, -0.25) is 0 Å². The van der Waals surface area contributed by atoms with Gasteiger partial charge in [-0.25, -0.2) is 0 Å². The monoisotopic (exact) mass is 255 g/mol. The first-order chi connectivity index (χ1) is 8.13. The van der Waals surface area contributed by atoms with Crippen LogP contribution in [0.3, 0.4) is 0 Å². The zero-order valence-corrected chi connectivity index (χ0v) is 12.6. The van der Waals surface area contributed by atoms with Gasteiger partial charge in [0.2, 0.25) is 0 Å². The summed E-state index contributed by atoms with van der Waals surface area (Å²) >= 11 is 2.32. The van der Waals surface area contributed by atoms with Crippen molar-refractivity contribution in [2.24, 2.45) is 5.41 Å². The number of thioether (sulfide) groups is 1. The van der Waals surface area contributed by atoms with Crippen LogP contribution in [-0.2, 0) is 0 Å². The average molecular weight is 255 g/mol. The molecule has 1 N–H and O–H groups in total. The van der Waals surface area contributed by atoms with E-state index in [2.05, 4.69) is 37.8 Å². The summed E-state index contributed by atoms with van der Waals surface area (Å²) in [6.45, 7) is 8.29. The van der Waals surface area contributed by atoms with E-state index in [-0.39, 0.29) is 0 Å². The largest absolute Gasteiger partial charge is 0.313 e. The average Bonchev–Trinajstić information content (AvgIpc) is 2.75. The Bertz CT molecular complexity index is 233. The molecule has 100 valence electrons. The van der Waals surface area contributed by atoms with Crippen molar-refractivity contribution >= 4 is 11.8 Å². The molecule has 2 aliphatic carbocycles. The van der Waals surface area contributed by atoms with Crippen molar-refractivity contribution in [2.75, 3.05) is 6.54 Å². The van der Waals surface area contributed by atoms with Crippen molar-refractivity contribution in [1.29, 1.82) is 0 Å². The molecule has 0 aromatic carbocycles. The van der Waals surface area contributed by atoms with Crippen LogP contribution >= 0.6 is 11.8 Å². The first-order valence-corrected chi connectivity index (χ1v) is 8.46. The summed E-state index contributed by atoms with van der Waals surface area (Å²) in [5, 5.41) is 5.61. The second-order valence-electron chi connectivity index (χ2n) is 6.50. The van der Waals surface area contributed by atoms with Crippen molar-refractivity contribution in [3.63, 3.8) is 0 Å². The second-order valence-corrected chi connectivity index (χ2v) is 8.04. The van der Waals surface area contributed by atoms with Gasteiger partial charge in [-0.15, -0.1) is 0 Å². The highest BCUT2D eigenvalue weighted by molar-refractivity contribution is 8.00. The van der Waals surface area contributed by atoms with Gasteiger partial charge in [0.1, 0.15) is 0 Å². The van der Waals surface area contributed by atoms with Gasteiger partial charge >= 0.3 is 0 Å². The summed E-state index contributed by atoms with van der Waals surface area (Å²) in [5.41, 5.74) is 0.491. The van der Waals surface area contributed by atoms with Crippen LogP contribution in [0.4, 0.5) is 0 Å². The Morgan fingerprint density at radius 2 is 1.82 bits per heavy atom. The van der Waals surface area contributed by atoms with Gasteiger partial charge in [0, 0.05) is 16.5 Å². The molecule has 1 nitrogen and oxygen atoms in total. The van der Waals surface area contributed by atoms with Crippen LogP contribution in [0, 0.1) is 5.41 Å². The van der Waals surface area contributed by atoms with Gasteiger partial charge in [0.15, 0.2) is 0 Å². The molecule has 0 bridgehead atoms. The minimum Gasteiger partial charge on any atom is -0.313 e. The van der Waals surface area contributed by atoms with Crippen LogP contribution in [0.5, 0.6) is 0 Å². The summed E-state index contributed by atoms with van der Waals surface area (Å²) in [6, 6.07) is 0.729.